The van der Waals surface area contributed by atoms with Gasteiger partial charge in [-0.25, -0.2) is 0 Å². The fourth-order valence-electron chi connectivity index (χ4n) is 2.49. The zero-order valence-corrected chi connectivity index (χ0v) is 8.47. The van der Waals surface area contributed by atoms with Gasteiger partial charge >= 0.3 is 0 Å². The van der Waals surface area contributed by atoms with Crippen molar-refractivity contribution in [1.29, 1.82) is 0 Å². The zero-order chi connectivity index (χ0) is 8.55. The van der Waals surface area contributed by atoms with Gasteiger partial charge in [0.2, 0.25) is 0 Å². The van der Waals surface area contributed by atoms with Crippen LogP contribution >= 0.6 is 0 Å². The Balaban J connectivity index is 1.84. The normalized spacial score (nSPS) is 26.2. The van der Waals surface area contributed by atoms with Gasteiger partial charge in [0, 0.05) is 0 Å². The second kappa shape index (κ2) is 3.40. The van der Waals surface area contributed by atoms with Gasteiger partial charge in [-0.15, -0.1) is 0 Å². The van der Waals surface area contributed by atoms with E-state index in [9.17, 15) is 0 Å². The van der Waals surface area contributed by atoms with Crippen LogP contribution in [0.2, 0.25) is 0 Å². The third kappa shape index (κ3) is 1.84. The minimum Gasteiger partial charge on any atom is -0.0654 e. The van der Waals surface area contributed by atoms with Crippen LogP contribution < -0.4 is 0 Å². The first kappa shape index (κ1) is 8.59. The largest absolute Gasteiger partial charge is 0.0654 e. The predicted octanol–water partition coefficient (Wildman–Crippen LogP) is 3.82. The van der Waals surface area contributed by atoms with E-state index >= 15 is 0 Å². The number of hydrogen-bond acceptors (Lipinski definition) is 0. The molecule has 1 unspecified atom stereocenters. The molecule has 0 spiro atoms. The third-order valence-electron chi connectivity index (χ3n) is 3.60. The summed E-state index contributed by atoms with van der Waals surface area (Å²) < 4.78 is 0. The van der Waals surface area contributed by atoms with Crippen molar-refractivity contribution in [3.63, 3.8) is 0 Å². The molecule has 2 fully saturated rings. The van der Waals surface area contributed by atoms with Crippen LogP contribution in [0.4, 0.5) is 0 Å². The number of hydrogen-bond donors (Lipinski definition) is 0. The Labute approximate surface area is 76.7 Å². The lowest BCUT2D eigenvalue weighted by Crippen LogP contribution is -2.13. The Morgan fingerprint density at radius 2 is 1.92 bits per heavy atom. The molecule has 1 atom stereocenters. The summed E-state index contributed by atoms with van der Waals surface area (Å²) in [7, 11) is 0. The van der Waals surface area contributed by atoms with Crippen molar-refractivity contribution in [2.24, 2.45) is 17.8 Å². The van der Waals surface area contributed by atoms with E-state index in [2.05, 4.69) is 13.8 Å². The van der Waals surface area contributed by atoms with E-state index in [0.717, 1.165) is 17.8 Å². The van der Waals surface area contributed by atoms with Crippen LogP contribution in [0.15, 0.2) is 0 Å². The van der Waals surface area contributed by atoms with Crippen molar-refractivity contribution in [3.8, 4) is 0 Å². The summed E-state index contributed by atoms with van der Waals surface area (Å²) in [5, 5.41) is 0. The van der Waals surface area contributed by atoms with Gasteiger partial charge in [0.05, 0.1) is 0 Å². The van der Waals surface area contributed by atoms with E-state index in [1.807, 2.05) is 5.92 Å². The summed E-state index contributed by atoms with van der Waals surface area (Å²) >= 11 is 0. The van der Waals surface area contributed by atoms with Crippen molar-refractivity contribution in [3.05, 3.63) is 5.92 Å². The summed E-state index contributed by atoms with van der Waals surface area (Å²) in [4.78, 5) is 0. The first-order chi connectivity index (χ1) is 5.83. The maximum absolute atomic E-state index is 2.43. The highest BCUT2D eigenvalue weighted by molar-refractivity contribution is 5.08. The molecular weight excluding hydrogens is 144 g/mol. The lowest BCUT2D eigenvalue weighted by molar-refractivity contribution is 0.412. The highest BCUT2D eigenvalue weighted by atomic mass is 14.4. The molecule has 0 bridgehead atoms. The molecule has 12 heavy (non-hydrogen) atoms. The lowest BCUT2D eigenvalue weighted by Gasteiger charge is -2.22. The van der Waals surface area contributed by atoms with Gasteiger partial charge in [-0.3, -0.25) is 0 Å². The molecule has 2 aliphatic rings. The second-order valence-electron chi connectivity index (χ2n) is 4.75. The van der Waals surface area contributed by atoms with Gasteiger partial charge in [0.1, 0.15) is 0 Å². The summed E-state index contributed by atoms with van der Waals surface area (Å²) in [5.41, 5.74) is 0. The zero-order valence-electron chi connectivity index (χ0n) is 8.47. The van der Waals surface area contributed by atoms with Crippen molar-refractivity contribution < 1.29 is 0 Å². The van der Waals surface area contributed by atoms with Gasteiger partial charge in [-0.1, -0.05) is 20.3 Å². The van der Waals surface area contributed by atoms with Crippen molar-refractivity contribution >= 4 is 0 Å². The summed E-state index contributed by atoms with van der Waals surface area (Å²) in [6.07, 6.45) is 8.89. The van der Waals surface area contributed by atoms with E-state index in [1.54, 1.807) is 0 Å². The molecule has 0 amide bonds. The van der Waals surface area contributed by atoms with Crippen molar-refractivity contribution in [2.45, 2.75) is 52.4 Å². The molecule has 2 saturated carbocycles. The molecule has 0 heterocycles. The maximum Gasteiger partial charge on any atom is -0.0207 e. The van der Waals surface area contributed by atoms with E-state index in [0.29, 0.717) is 0 Å². The molecule has 0 aliphatic heterocycles. The molecule has 0 heteroatoms. The molecule has 0 N–H and O–H groups in total. The van der Waals surface area contributed by atoms with Crippen LogP contribution in [0.1, 0.15) is 52.4 Å². The van der Waals surface area contributed by atoms with E-state index < -0.39 is 0 Å². The Bertz CT molecular complexity index is 142. The standard InChI is InChI=1S/C12H21/c1-3-4-12(11-7-8-11)9(2)10-5-6-10/h10-12H,3-8H2,1-2H3. The second-order valence-corrected chi connectivity index (χ2v) is 4.75. The minimum absolute atomic E-state index is 1.02. The van der Waals surface area contributed by atoms with Gasteiger partial charge < -0.3 is 0 Å². The molecule has 69 valence electrons. The highest BCUT2D eigenvalue weighted by Gasteiger charge is 2.40. The predicted molar refractivity (Wildman–Crippen MR) is 52.8 cm³/mol. The smallest absolute Gasteiger partial charge is 0.0207 e. The van der Waals surface area contributed by atoms with Crippen LogP contribution in [0.5, 0.6) is 0 Å². The van der Waals surface area contributed by atoms with Gasteiger partial charge in [0.25, 0.3) is 0 Å². The summed E-state index contributed by atoms with van der Waals surface area (Å²) in [6, 6.07) is 0. The van der Waals surface area contributed by atoms with E-state index in [4.69, 9.17) is 0 Å². The number of rotatable bonds is 5. The molecule has 0 nitrogen and oxygen atoms in total. The van der Waals surface area contributed by atoms with Crippen molar-refractivity contribution in [1.82, 2.24) is 0 Å². The lowest BCUT2D eigenvalue weighted by atomic mass is 9.83. The molecule has 0 aromatic carbocycles. The topological polar surface area (TPSA) is 0 Å². The average Bonchev–Trinajstić information content (AvgIpc) is 2.88. The summed E-state index contributed by atoms with van der Waals surface area (Å²) in [6.45, 7) is 4.76. The quantitative estimate of drug-likeness (QED) is 0.581. The van der Waals surface area contributed by atoms with E-state index in [1.165, 1.54) is 38.5 Å². The van der Waals surface area contributed by atoms with Gasteiger partial charge in [-0.2, -0.15) is 0 Å². The molecule has 0 aromatic rings. The molecule has 0 aromatic heterocycles. The third-order valence-corrected chi connectivity index (χ3v) is 3.60. The first-order valence-electron chi connectivity index (χ1n) is 5.66. The van der Waals surface area contributed by atoms with Crippen LogP contribution in [0.25, 0.3) is 0 Å². The van der Waals surface area contributed by atoms with Crippen molar-refractivity contribution in [2.75, 3.05) is 0 Å². The molecule has 2 aliphatic carbocycles. The Hall–Kier alpha value is 0. The molecular formula is C12H21. The van der Waals surface area contributed by atoms with Crippen LogP contribution in [0.3, 0.4) is 0 Å². The van der Waals surface area contributed by atoms with E-state index in [-0.39, 0.29) is 0 Å². The molecule has 0 saturated heterocycles. The van der Waals surface area contributed by atoms with Gasteiger partial charge in [-0.05, 0) is 55.8 Å². The molecule has 2 rings (SSSR count). The first-order valence-corrected chi connectivity index (χ1v) is 5.66. The minimum atomic E-state index is 1.02. The Morgan fingerprint density at radius 3 is 2.33 bits per heavy atom. The monoisotopic (exact) mass is 165 g/mol. The highest BCUT2D eigenvalue weighted by Crippen LogP contribution is 2.51. The van der Waals surface area contributed by atoms with Crippen LogP contribution in [0, 0.1) is 23.7 Å². The molecule has 1 radical (unpaired) electrons. The average molecular weight is 165 g/mol. The van der Waals surface area contributed by atoms with Crippen LogP contribution in [-0.4, -0.2) is 0 Å². The Morgan fingerprint density at radius 1 is 1.25 bits per heavy atom. The van der Waals surface area contributed by atoms with Crippen LogP contribution in [-0.2, 0) is 0 Å². The fourth-order valence-corrected chi connectivity index (χ4v) is 2.49. The Kier molecular flexibility index (Phi) is 2.43. The maximum atomic E-state index is 2.43. The summed E-state index contributed by atoms with van der Waals surface area (Å²) in [5.74, 6) is 5.02. The van der Waals surface area contributed by atoms with Gasteiger partial charge in [0.15, 0.2) is 0 Å². The fraction of sp³-hybridized carbons (Fsp3) is 0.917. The SMILES string of the molecule is CCCC([C](C)C1CC1)C1CC1.